The van der Waals surface area contributed by atoms with Crippen LogP contribution in [0, 0.1) is 13.8 Å². The molecule has 0 fully saturated rings. The first-order chi connectivity index (χ1) is 8.60. The molecule has 0 radical (unpaired) electrons. The van der Waals surface area contributed by atoms with Crippen LogP contribution >= 0.6 is 11.6 Å². The topological polar surface area (TPSA) is 56.5 Å². The Morgan fingerprint density at radius 3 is 2.44 bits per heavy atom. The van der Waals surface area contributed by atoms with Crippen LogP contribution in [0.2, 0.25) is 5.28 Å². The van der Waals surface area contributed by atoms with Gasteiger partial charge in [-0.25, -0.2) is 15.0 Å². The van der Waals surface area contributed by atoms with E-state index in [9.17, 15) is 0 Å². The standard InChI is InChI=1S/C12H16ClN5/c1-4-5-6-10-16-11(13)18(17-10)12-14-8(2)7-9(3)15-12/h7H,4-6H2,1-3H3. The van der Waals surface area contributed by atoms with Crippen LogP contribution in [0.4, 0.5) is 0 Å². The highest BCUT2D eigenvalue weighted by molar-refractivity contribution is 6.28. The molecule has 0 bridgehead atoms. The van der Waals surface area contributed by atoms with Gasteiger partial charge in [0, 0.05) is 17.8 Å². The van der Waals surface area contributed by atoms with E-state index in [4.69, 9.17) is 11.6 Å². The molecule has 0 saturated heterocycles. The van der Waals surface area contributed by atoms with E-state index in [2.05, 4.69) is 27.0 Å². The van der Waals surface area contributed by atoms with Gasteiger partial charge in [-0.05, 0) is 37.9 Å². The third kappa shape index (κ3) is 2.85. The fourth-order valence-electron chi connectivity index (χ4n) is 1.70. The number of aryl methyl sites for hydroxylation is 3. The van der Waals surface area contributed by atoms with Crippen molar-refractivity contribution in [3.05, 3.63) is 28.6 Å². The van der Waals surface area contributed by atoms with E-state index < -0.39 is 0 Å². The first kappa shape index (κ1) is 13.0. The predicted molar refractivity (Wildman–Crippen MR) is 70.0 cm³/mol. The molecule has 0 atom stereocenters. The molecule has 0 amide bonds. The van der Waals surface area contributed by atoms with E-state index in [1.165, 1.54) is 4.68 Å². The lowest BCUT2D eigenvalue weighted by Crippen LogP contribution is -2.06. The molecule has 2 aromatic heterocycles. The molecule has 18 heavy (non-hydrogen) atoms. The van der Waals surface area contributed by atoms with Gasteiger partial charge in [-0.2, -0.15) is 4.68 Å². The van der Waals surface area contributed by atoms with Crippen molar-refractivity contribution in [2.75, 3.05) is 0 Å². The van der Waals surface area contributed by atoms with Crippen LogP contribution in [0.3, 0.4) is 0 Å². The van der Waals surface area contributed by atoms with Gasteiger partial charge in [-0.15, -0.1) is 5.10 Å². The summed E-state index contributed by atoms with van der Waals surface area (Å²) in [6.07, 6.45) is 2.98. The van der Waals surface area contributed by atoms with Crippen LogP contribution in [-0.4, -0.2) is 24.7 Å². The minimum atomic E-state index is 0.311. The number of hydrogen-bond donors (Lipinski definition) is 0. The summed E-state index contributed by atoms with van der Waals surface area (Å²) in [5, 5.41) is 4.66. The maximum Gasteiger partial charge on any atom is 0.253 e. The smallest absolute Gasteiger partial charge is 0.216 e. The molecule has 2 rings (SSSR count). The molecular formula is C12H16ClN5. The van der Waals surface area contributed by atoms with Gasteiger partial charge in [0.25, 0.3) is 5.95 Å². The third-order valence-electron chi connectivity index (χ3n) is 2.53. The zero-order chi connectivity index (χ0) is 13.1. The lowest BCUT2D eigenvalue weighted by molar-refractivity contribution is 0.727. The van der Waals surface area contributed by atoms with E-state index in [1.807, 2.05) is 19.9 Å². The van der Waals surface area contributed by atoms with Gasteiger partial charge in [0.1, 0.15) is 0 Å². The molecule has 0 N–H and O–H groups in total. The molecule has 0 saturated carbocycles. The quantitative estimate of drug-likeness (QED) is 0.853. The summed E-state index contributed by atoms with van der Waals surface area (Å²) in [5.41, 5.74) is 1.78. The fraction of sp³-hybridized carbons (Fsp3) is 0.500. The minimum Gasteiger partial charge on any atom is -0.216 e. The highest BCUT2D eigenvalue weighted by Crippen LogP contribution is 2.13. The van der Waals surface area contributed by atoms with Crippen LogP contribution in [0.5, 0.6) is 0 Å². The monoisotopic (exact) mass is 265 g/mol. The molecule has 96 valence electrons. The molecule has 2 aromatic rings. The Hall–Kier alpha value is -1.49. The van der Waals surface area contributed by atoms with Gasteiger partial charge >= 0.3 is 0 Å². The van der Waals surface area contributed by atoms with Crippen LogP contribution in [0.25, 0.3) is 5.95 Å². The molecular weight excluding hydrogens is 250 g/mol. The molecule has 0 aliphatic carbocycles. The number of nitrogens with zero attached hydrogens (tertiary/aromatic N) is 5. The van der Waals surface area contributed by atoms with Crippen molar-refractivity contribution in [3.63, 3.8) is 0 Å². The summed E-state index contributed by atoms with van der Waals surface area (Å²) < 4.78 is 1.49. The molecule has 2 heterocycles. The summed E-state index contributed by atoms with van der Waals surface area (Å²) >= 11 is 6.07. The van der Waals surface area contributed by atoms with Crippen molar-refractivity contribution in [2.24, 2.45) is 0 Å². The molecule has 0 aliphatic heterocycles. The highest BCUT2D eigenvalue weighted by atomic mass is 35.5. The molecule has 0 aliphatic rings. The maximum absolute atomic E-state index is 6.07. The Balaban J connectivity index is 2.34. The molecule has 6 heteroatoms. The first-order valence-electron chi connectivity index (χ1n) is 6.04. The van der Waals surface area contributed by atoms with Gasteiger partial charge in [-0.3, -0.25) is 0 Å². The van der Waals surface area contributed by atoms with Crippen LogP contribution in [-0.2, 0) is 6.42 Å². The summed E-state index contributed by atoms with van der Waals surface area (Å²) in [4.78, 5) is 12.9. The van der Waals surface area contributed by atoms with E-state index in [-0.39, 0.29) is 0 Å². The largest absolute Gasteiger partial charge is 0.253 e. The Kier molecular flexibility index (Phi) is 3.91. The Labute approximate surface area is 111 Å². The number of rotatable bonds is 4. The van der Waals surface area contributed by atoms with Crippen molar-refractivity contribution in [3.8, 4) is 5.95 Å². The van der Waals surface area contributed by atoms with E-state index >= 15 is 0 Å². The second kappa shape index (κ2) is 5.44. The van der Waals surface area contributed by atoms with Crippen molar-refractivity contribution in [1.82, 2.24) is 24.7 Å². The second-order valence-corrected chi connectivity index (χ2v) is 4.60. The molecule has 0 unspecified atom stereocenters. The molecule has 0 aromatic carbocycles. The average molecular weight is 266 g/mol. The number of aromatic nitrogens is 5. The number of unbranched alkanes of at least 4 members (excludes halogenated alkanes) is 1. The first-order valence-corrected chi connectivity index (χ1v) is 6.42. The maximum atomic E-state index is 6.07. The third-order valence-corrected chi connectivity index (χ3v) is 2.77. The number of halogens is 1. The summed E-state index contributed by atoms with van der Waals surface area (Å²) in [6.45, 7) is 5.97. The summed E-state index contributed by atoms with van der Waals surface area (Å²) in [7, 11) is 0. The zero-order valence-corrected chi connectivity index (χ0v) is 11.6. The zero-order valence-electron chi connectivity index (χ0n) is 10.8. The number of hydrogen-bond acceptors (Lipinski definition) is 4. The van der Waals surface area contributed by atoms with Gasteiger partial charge in [-0.1, -0.05) is 13.3 Å². The van der Waals surface area contributed by atoms with Crippen LogP contribution < -0.4 is 0 Å². The van der Waals surface area contributed by atoms with E-state index in [0.717, 1.165) is 36.5 Å². The molecule has 0 spiro atoms. The van der Waals surface area contributed by atoms with Crippen LogP contribution in [0.15, 0.2) is 6.07 Å². The van der Waals surface area contributed by atoms with E-state index in [0.29, 0.717) is 11.2 Å². The van der Waals surface area contributed by atoms with Gasteiger partial charge in [0.15, 0.2) is 5.82 Å². The summed E-state index contributed by atoms with van der Waals surface area (Å²) in [5.74, 6) is 1.22. The van der Waals surface area contributed by atoms with Crippen molar-refractivity contribution < 1.29 is 0 Å². The van der Waals surface area contributed by atoms with Crippen molar-refractivity contribution >= 4 is 11.6 Å². The lowest BCUT2D eigenvalue weighted by Gasteiger charge is -2.02. The Morgan fingerprint density at radius 1 is 1.17 bits per heavy atom. The van der Waals surface area contributed by atoms with Gasteiger partial charge < -0.3 is 0 Å². The lowest BCUT2D eigenvalue weighted by atomic mass is 10.2. The van der Waals surface area contributed by atoms with Gasteiger partial charge in [0.05, 0.1) is 0 Å². The SMILES string of the molecule is CCCCc1nc(Cl)n(-c2nc(C)cc(C)n2)n1. The van der Waals surface area contributed by atoms with Crippen molar-refractivity contribution in [2.45, 2.75) is 40.0 Å². The minimum absolute atomic E-state index is 0.311. The Morgan fingerprint density at radius 2 is 1.83 bits per heavy atom. The highest BCUT2D eigenvalue weighted by Gasteiger charge is 2.12. The van der Waals surface area contributed by atoms with E-state index in [1.54, 1.807) is 0 Å². The Bertz CT molecular complexity index is 529. The normalized spacial score (nSPS) is 10.9. The second-order valence-electron chi connectivity index (χ2n) is 4.26. The summed E-state index contributed by atoms with van der Waals surface area (Å²) in [6, 6.07) is 1.91. The van der Waals surface area contributed by atoms with Crippen molar-refractivity contribution in [1.29, 1.82) is 0 Å². The average Bonchev–Trinajstić information content (AvgIpc) is 2.66. The van der Waals surface area contributed by atoms with Gasteiger partial charge in [0.2, 0.25) is 5.28 Å². The van der Waals surface area contributed by atoms with Crippen LogP contribution in [0.1, 0.15) is 37.0 Å². The fourth-order valence-corrected chi connectivity index (χ4v) is 1.91. The predicted octanol–water partition coefficient (Wildman–Crippen LogP) is 2.67. The molecule has 5 nitrogen and oxygen atoms in total.